The number of aromatic nitrogens is 5. The van der Waals surface area contributed by atoms with Gasteiger partial charge in [0.05, 0.1) is 22.8 Å². The molecular formula is C16H18N6O2. The number of ether oxygens (including phenoxy) is 1. The largest absolute Gasteiger partial charge is 0.474 e. The molecule has 3 aromatic rings. The van der Waals surface area contributed by atoms with Crippen LogP contribution in [0.4, 0.5) is 0 Å². The fraction of sp³-hybridized carbons (Fsp3) is 0.375. The van der Waals surface area contributed by atoms with Gasteiger partial charge in [-0.3, -0.25) is 14.6 Å². The number of amides is 1. The number of rotatable bonds is 4. The lowest BCUT2D eigenvalue weighted by molar-refractivity contribution is -0.119. The Bertz CT molecular complexity index is 885. The predicted molar refractivity (Wildman–Crippen MR) is 87.3 cm³/mol. The first kappa shape index (κ1) is 14.7. The molecular weight excluding hydrogens is 308 g/mol. The maximum absolute atomic E-state index is 11.4. The van der Waals surface area contributed by atoms with E-state index < -0.39 is 0 Å². The van der Waals surface area contributed by atoms with E-state index in [4.69, 9.17) is 4.74 Å². The van der Waals surface area contributed by atoms with Crippen molar-refractivity contribution in [3.05, 3.63) is 24.7 Å². The van der Waals surface area contributed by atoms with Gasteiger partial charge < -0.3 is 10.1 Å². The molecule has 0 spiro atoms. The molecule has 4 heterocycles. The van der Waals surface area contributed by atoms with Crippen molar-refractivity contribution < 1.29 is 9.53 Å². The molecule has 1 saturated heterocycles. The quantitative estimate of drug-likeness (QED) is 0.752. The summed E-state index contributed by atoms with van der Waals surface area (Å²) in [6.07, 6.45) is 5.74. The fourth-order valence-electron chi connectivity index (χ4n) is 2.97. The van der Waals surface area contributed by atoms with Crippen LogP contribution in [-0.4, -0.2) is 43.5 Å². The Labute approximate surface area is 138 Å². The second kappa shape index (κ2) is 5.63. The average molecular weight is 326 g/mol. The summed E-state index contributed by atoms with van der Waals surface area (Å²) in [5, 5.41) is 14.9. The zero-order valence-electron chi connectivity index (χ0n) is 13.5. The zero-order valence-corrected chi connectivity index (χ0v) is 13.5. The third-order valence-corrected chi connectivity index (χ3v) is 4.35. The molecule has 1 amide bonds. The van der Waals surface area contributed by atoms with Crippen LogP contribution in [0.5, 0.6) is 5.88 Å². The molecule has 2 N–H and O–H groups in total. The van der Waals surface area contributed by atoms with Gasteiger partial charge >= 0.3 is 0 Å². The number of aromatic amines is 1. The van der Waals surface area contributed by atoms with Crippen LogP contribution in [0.15, 0.2) is 24.7 Å². The van der Waals surface area contributed by atoms with Crippen molar-refractivity contribution >= 4 is 16.8 Å². The number of nitrogens with zero attached hydrogens (tertiary/aromatic N) is 4. The van der Waals surface area contributed by atoms with Crippen LogP contribution in [0.2, 0.25) is 0 Å². The van der Waals surface area contributed by atoms with Gasteiger partial charge in [-0.2, -0.15) is 10.2 Å². The second-order valence-corrected chi connectivity index (χ2v) is 6.13. The number of fused-ring (bicyclic) bond motifs is 1. The molecule has 0 aliphatic carbocycles. The minimum absolute atomic E-state index is 0.0714. The predicted octanol–water partition coefficient (Wildman–Crippen LogP) is 1.26. The van der Waals surface area contributed by atoms with Gasteiger partial charge in [0.15, 0.2) is 0 Å². The Hall–Kier alpha value is -2.90. The SMILES string of the molecule is CC(Oc1nc(-c2cn[nH]c2)cc2nn(C)cc12)C1CNC(=O)C1. The van der Waals surface area contributed by atoms with Gasteiger partial charge in [0.25, 0.3) is 0 Å². The summed E-state index contributed by atoms with van der Waals surface area (Å²) in [4.78, 5) is 16.1. The van der Waals surface area contributed by atoms with E-state index in [-0.39, 0.29) is 17.9 Å². The highest BCUT2D eigenvalue weighted by molar-refractivity contribution is 5.86. The van der Waals surface area contributed by atoms with Gasteiger partial charge in [-0.25, -0.2) is 4.98 Å². The van der Waals surface area contributed by atoms with Crippen LogP contribution in [0, 0.1) is 5.92 Å². The van der Waals surface area contributed by atoms with E-state index in [1.165, 1.54) is 0 Å². The van der Waals surface area contributed by atoms with Crippen molar-refractivity contribution in [2.45, 2.75) is 19.4 Å². The topological polar surface area (TPSA) is 97.7 Å². The summed E-state index contributed by atoms with van der Waals surface area (Å²) in [6, 6.07) is 1.92. The Morgan fingerprint density at radius 1 is 1.46 bits per heavy atom. The van der Waals surface area contributed by atoms with E-state index in [1.807, 2.05) is 26.2 Å². The monoisotopic (exact) mass is 326 g/mol. The molecule has 0 bridgehead atoms. The maximum Gasteiger partial charge on any atom is 0.225 e. The van der Waals surface area contributed by atoms with Crippen LogP contribution in [0.3, 0.4) is 0 Å². The molecule has 1 aliphatic rings. The molecule has 2 atom stereocenters. The molecule has 3 aromatic heterocycles. The summed E-state index contributed by atoms with van der Waals surface area (Å²) < 4.78 is 7.86. The lowest BCUT2D eigenvalue weighted by atomic mass is 10.0. The van der Waals surface area contributed by atoms with Crippen LogP contribution in [0.1, 0.15) is 13.3 Å². The first-order chi connectivity index (χ1) is 11.6. The van der Waals surface area contributed by atoms with E-state index >= 15 is 0 Å². The van der Waals surface area contributed by atoms with Crippen molar-refractivity contribution in [3.63, 3.8) is 0 Å². The van der Waals surface area contributed by atoms with E-state index in [0.29, 0.717) is 18.8 Å². The van der Waals surface area contributed by atoms with E-state index in [0.717, 1.165) is 22.2 Å². The number of aryl methyl sites for hydroxylation is 1. The zero-order chi connectivity index (χ0) is 16.7. The van der Waals surface area contributed by atoms with Crippen LogP contribution >= 0.6 is 0 Å². The Morgan fingerprint density at radius 2 is 2.33 bits per heavy atom. The smallest absolute Gasteiger partial charge is 0.225 e. The molecule has 4 rings (SSSR count). The number of nitrogens with one attached hydrogen (secondary N) is 2. The van der Waals surface area contributed by atoms with Crippen molar-refractivity contribution in [2.75, 3.05) is 6.54 Å². The number of hydrogen-bond donors (Lipinski definition) is 2. The van der Waals surface area contributed by atoms with Gasteiger partial charge in [0.1, 0.15) is 6.10 Å². The van der Waals surface area contributed by atoms with Gasteiger partial charge in [-0.05, 0) is 13.0 Å². The van der Waals surface area contributed by atoms with Gasteiger partial charge in [0.2, 0.25) is 11.8 Å². The van der Waals surface area contributed by atoms with E-state index in [9.17, 15) is 4.79 Å². The number of carbonyl (C=O) groups excluding carboxylic acids is 1. The second-order valence-electron chi connectivity index (χ2n) is 6.13. The number of pyridine rings is 1. The number of hydrogen-bond acceptors (Lipinski definition) is 5. The first-order valence-corrected chi connectivity index (χ1v) is 7.87. The third-order valence-electron chi connectivity index (χ3n) is 4.35. The minimum Gasteiger partial charge on any atom is -0.474 e. The first-order valence-electron chi connectivity index (χ1n) is 7.87. The van der Waals surface area contributed by atoms with Crippen molar-refractivity contribution in [1.82, 2.24) is 30.3 Å². The third kappa shape index (κ3) is 2.60. The van der Waals surface area contributed by atoms with Crippen LogP contribution in [0.25, 0.3) is 22.2 Å². The molecule has 0 saturated carbocycles. The summed E-state index contributed by atoms with van der Waals surface area (Å²) in [5.41, 5.74) is 2.43. The van der Waals surface area contributed by atoms with Crippen LogP contribution < -0.4 is 10.1 Å². The molecule has 2 unspecified atom stereocenters. The Kier molecular flexibility index (Phi) is 3.44. The maximum atomic E-state index is 11.4. The molecule has 0 aromatic carbocycles. The normalized spacial score (nSPS) is 18.8. The van der Waals surface area contributed by atoms with Gasteiger partial charge in [-0.1, -0.05) is 0 Å². The summed E-state index contributed by atoms with van der Waals surface area (Å²) in [7, 11) is 1.87. The van der Waals surface area contributed by atoms with Crippen LogP contribution in [-0.2, 0) is 11.8 Å². The van der Waals surface area contributed by atoms with E-state index in [1.54, 1.807) is 17.1 Å². The molecule has 1 fully saturated rings. The molecule has 24 heavy (non-hydrogen) atoms. The van der Waals surface area contributed by atoms with E-state index in [2.05, 4.69) is 25.6 Å². The fourth-order valence-corrected chi connectivity index (χ4v) is 2.97. The molecule has 8 nitrogen and oxygen atoms in total. The highest BCUT2D eigenvalue weighted by Crippen LogP contribution is 2.30. The Morgan fingerprint density at radius 3 is 3.04 bits per heavy atom. The number of carbonyl (C=O) groups is 1. The highest BCUT2D eigenvalue weighted by atomic mass is 16.5. The summed E-state index contributed by atoms with van der Waals surface area (Å²) >= 11 is 0. The Balaban J connectivity index is 1.71. The molecule has 1 aliphatic heterocycles. The molecule has 0 radical (unpaired) electrons. The summed E-state index contributed by atoms with van der Waals surface area (Å²) in [6.45, 7) is 2.61. The molecule has 124 valence electrons. The average Bonchev–Trinajstić information content (AvgIpc) is 3.26. The lowest BCUT2D eigenvalue weighted by Gasteiger charge is -2.19. The highest BCUT2D eigenvalue weighted by Gasteiger charge is 2.28. The standard InChI is InChI=1S/C16H18N6O2/c1-9(10-3-15(23)17-5-10)24-16-12-8-22(2)21-14(12)4-13(20-16)11-6-18-19-7-11/h4,6-10H,3,5H2,1-2H3,(H,17,23)(H,18,19). The number of H-pyrrole nitrogens is 1. The van der Waals surface area contributed by atoms with Crippen molar-refractivity contribution in [3.8, 4) is 17.1 Å². The minimum atomic E-state index is -0.126. The lowest BCUT2D eigenvalue weighted by Crippen LogP contribution is -2.26. The van der Waals surface area contributed by atoms with Crippen molar-refractivity contribution in [2.24, 2.45) is 13.0 Å². The van der Waals surface area contributed by atoms with Crippen molar-refractivity contribution in [1.29, 1.82) is 0 Å². The van der Waals surface area contributed by atoms with Gasteiger partial charge in [0, 0.05) is 43.9 Å². The molecule has 8 heteroatoms. The summed E-state index contributed by atoms with van der Waals surface area (Å²) in [5.74, 6) is 0.745. The van der Waals surface area contributed by atoms with Gasteiger partial charge in [-0.15, -0.1) is 0 Å².